The van der Waals surface area contributed by atoms with E-state index < -0.39 is 0 Å². The van der Waals surface area contributed by atoms with Crippen LogP contribution < -0.4 is 10.6 Å². The molecule has 0 atom stereocenters. The number of hydrogen-bond acceptors (Lipinski definition) is 5. The van der Waals surface area contributed by atoms with Crippen LogP contribution in [-0.4, -0.2) is 50.2 Å². The van der Waals surface area contributed by atoms with Crippen molar-refractivity contribution < 1.29 is 9.53 Å². The minimum absolute atomic E-state index is 0.335. The Morgan fingerprint density at radius 1 is 1.25 bits per heavy atom. The van der Waals surface area contributed by atoms with Gasteiger partial charge in [0.15, 0.2) is 0 Å². The molecule has 1 aliphatic rings. The predicted octanol–water partition coefficient (Wildman–Crippen LogP) is 1.59. The van der Waals surface area contributed by atoms with Crippen LogP contribution in [0.15, 0.2) is 18.2 Å². The van der Waals surface area contributed by atoms with Gasteiger partial charge in [-0.25, -0.2) is 4.79 Å². The fourth-order valence-corrected chi connectivity index (χ4v) is 2.65. The van der Waals surface area contributed by atoms with Crippen LogP contribution in [0.5, 0.6) is 0 Å². The highest BCUT2D eigenvalue weighted by Crippen LogP contribution is 2.29. The van der Waals surface area contributed by atoms with Crippen molar-refractivity contribution in [2.24, 2.45) is 0 Å². The van der Waals surface area contributed by atoms with Crippen molar-refractivity contribution in [3.63, 3.8) is 0 Å². The molecule has 0 unspecified atom stereocenters. The van der Waals surface area contributed by atoms with Crippen molar-refractivity contribution in [1.29, 1.82) is 0 Å². The van der Waals surface area contributed by atoms with Gasteiger partial charge in [-0.1, -0.05) is 6.07 Å². The summed E-state index contributed by atoms with van der Waals surface area (Å²) in [5.74, 6) is -0.335. The number of anilines is 2. The summed E-state index contributed by atoms with van der Waals surface area (Å²) in [5.41, 5.74) is 8.06. The molecule has 1 saturated heterocycles. The number of rotatable bonds is 3. The standard InChI is InChI=1S/C15H23N3O2/c1-11(2)17-7-9-18(10-8-17)14-12(15(19)20-3)5-4-6-13(14)16/h4-6,11H,7-10,16H2,1-3H3. The molecule has 0 spiro atoms. The van der Waals surface area contributed by atoms with Crippen LogP contribution in [0.4, 0.5) is 11.4 Å². The number of carbonyl (C=O) groups excluding carboxylic acids is 1. The first-order chi connectivity index (χ1) is 9.54. The number of hydrogen-bond donors (Lipinski definition) is 1. The third-order valence-electron chi connectivity index (χ3n) is 3.83. The Hall–Kier alpha value is -1.75. The Bertz CT molecular complexity index is 480. The Labute approximate surface area is 120 Å². The molecule has 1 heterocycles. The maximum Gasteiger partial charge on any atom is 0.340 e. The molecule has 20 heavy (non-hydrogen) atoms. The molecule has 1 aromatic carbocycles. The molecule has 1 aliphatic heterocycles. The quantitative estimate of drug-likeness (QED) is 0.671. The summed E-state index contributed by atoms with van der Waals surface area (Å²) in [6.07, 6.45) is 0. The summed E-state index contributed by atoms with van der Waals surface area (Å²) in [5, 5.41) is 0. The molecule has 5 nitrogen and oxygen atoms in total. The van der Waals surface area contributed by atoms with E-state index in [1.807, 2.05) is 6.07 Å². The summed E-state index contributed by atoms with van der Waals surface area (Å²) >= 11 is 0. The first-order valence-electron chi connectivity index (χ1n) is 7.00. The van der Waals surface area contributed by atoms with Crippen LogP contribution in [0, 0.1) is 0 Å². The number of esters is 1. The van der Waals surface area contributed by atoms with Crippen LogP contribution in [0.2, 0.25) is 0 Å². The number of methoxy groups -OCH3 is 1. The summed E-state index contributed by atoms with van der Waals surface area (Å²) < 4.78 is 4.85. The van der Waals surface area contributed by atoms with E-state index in [0.717, 1.165) is 31.9 Å². The van der Waals surface area contributed by atoms with Gasteiger partial charge in [-0.05, 0) is 26.0 Å². The van der Waals surface area contributed by atoms with E-state index in [9.17, 15) is 4.79 Å². The van der Waals surface area contributed by atoms with Gasteiger partial charge < -0.3 is 15.4 Å². The maximum absolute atomic E-state index is 11.9. The normalized spacial score (nSPS) is 16.5. The van der Waals surface area contributed by atoms with E-state index in [4.69, 9.17) is 10.5 Å². The zero-order valence-electron chi connectivity index (χ0n) is 12.4. The SMILES string of the molecule is COC(=O)c1cccc(N)c1N1CCN(C(C)C)CC1. The number of carbonyl (C=O) groups is 1. The summed E-state index contributed by atoms with van der Waals surface area (Å²) in [7, 11) is 1.39. The maximum atomic E-state index is 11.9. The molecule has 0 aromatic heterocycles. The van der Waals surface area contributed by atoms with Gasteiger partial charge in [0, 0.05) is 32.2 Å². The molecule has 1 aromatic rings. The second kappa shape index (κ2) is 6.13. The van der Waals surface area contributed by atoms with Gasteiger partial charge in [-0.3, -0.25) is 4.90 Å². The first kappa shape index (κ1) is 14.7. The largest absolute Gasteiger partial charge is 0.465 e. The lowest BCUT2D eigenvalue weighted by molar-refractivity contribution is 0.0601. The van der Waals surface area contributed by atoms with Crippen molar-refractivity contribution in [3.8, 4) is 0 Å². The van der Waals surface area contributed by atoms with Crippen molar-refractivity contribution in [1.82, 2.24) is 4.90 Å². The van der Waals surface area contributed by atoms with Crippen molar-refractivity contribution in [2.75, 3.05) is 43.9 Å². The highest BCUT2D eigenvalue weighted by Gasteiger charge is 2.24. The lowest BCUT2D eigenvalue weighted by Crippen LogP contribution is -2.49. The topological polar surface area (TPSA) is 58.8 Å². The molecule has 0 aliphatic carbocycles. The lowest BCUT2D eigenvalue weighted by atomic mass is 10.1. The van der Waals surface area contributed by atoms with Gasteiger partial charge in [0.2, 0.25) is 0 Å². The van der Waals surface area contributed by atoms with E-state index >= 15 is 0 Å². The average Bonchev–Trinajstić information content (AvgIpc) is 2.46. The number of benzene rings is 1. The molecule has 1 fully saturated rings. The van der Waals surface area contributed by atoms with Crippen molar-refractivity contribution in [3.05, 3.63) is 23.8 Å². The molecular formula is C15H23N3O2. The summed E-state index contributed by atoms with van der Waals surface area (Å²) in [4.78, 5) is 16.5. The number of nitrogens with zero attached hydrogens (tertiary/aromatic N) is 2. The molecule has 110 valence electrons. The molecule has 0 bridgehead atoms. The van der Waals surface area contributed by atoms with Gasteiger partial charge in [0.1, 0.15) is 0 Å². The molecule has 2 N–H and O–H groups in total. The number of piperazine rings is 1. The molecule has 0 saturated carbocycles. The smallest absolute Gasteiger partial charge is 0.340 e. The molecule has 2 rings (SSSR count). The van der Waals surface area contributed by atoms with Crippen LogP contribution in [0.3, 0.4) is 0 Å². The number of para-hydroxylation sites is 1. The third kappa shape index (κ3) is 2.88. The molecular weight excluding hydrogens is 254 g/mol. The Balaban J connectivity index is 2.23. The second-order valence-electron chi connectivity index (χ2n) is 5.35. The zero-order valence-corrected chi connectivity index (χ0v) is 12.4. The van der Waals surface area contributed by atoms with E-state index in [2.05, 4.69) is 23.6 Å². The van der Waals surface area contributed by atoms with Gasteiger partial charge in [-0.2, -0.15) is 0 Å². The summed E-state index contributed by atoms with van der Waals surface area (Å²) in [6, 6.07) is 5.93. The highest BCUT2D eigenvalue weighted by molar-refractivity contribution is 5.99. The average molecular weight is 277 g/mol. The first-order valence-corrected chi connectivity index (χ1v) is 7.00. The molecule has 5 heteroatoms. The Morgan fingerprint density at radius 2 is 1.90 bits per heavy atom. The highest BCUT2D eigenvalue weighted by atomic mass is 16.5. The molecule has 0 amide bonds. The minimum atomic E-state index is -0.335. The lowest BCUT2D eigenvalue weighted by Gasteiger charge is -2.39. The minimum Gasteiger partial charge on any atom is -0.465 e. The second-order valence-corrected chi connectivity index (χ2v) is 5.35. The monoisotopic (exact) mass is 277 g/mol. The van der Waals surface area contributed by atoms with E-state index in [-0.39, 0.29) is 5.97 Å². The third-order valence-corrected chi connectivity index (χ3v) is 3.83. The van der Waals surface area contributed by atoms with Crippen molar-refractivity contribution >= 4 is 17.3 Å². The zero-order chi connectivity index (χ0) is 14.7. The number of nitrogen functional groups attached to an aromatic ring is 1. The summed E-state index contributed by atoms with van der Waals surface area (Å²) in [6.45, 7) is 8.10. The van der Waals surface area contributed by atoms with Gasteiger partial charge in [-0.15, -0.1) is 0 Å². The predicted molar refractivity (Wildman–Crippen MR) is 81.1 cm³/mol. The van der Waals surface area contributed by atoms with Crippen LogP contribution in [-0.2, 0) is 4.74 Å². The number of nitrogens with two attached hydrogens (primary N) is 1. The van der Waals surface area contributed by atoms with Crippen LogP contribution in [0.25, 0.3) is 0 Å². The van der Waals surface area contributed by atoms with Crippen LogP contribution >= 0.6 is 0 Å². The van der Waals surface area contributed by atoms with E-state index in [1.165, 1.54) is 7.11 Å². The Kier molecular flexibility index (Phi) is 4.49. The molecule has 0 radical (unpaired) electrons. The van der Waals surface area contributed by atoms with E-state index in [1.54, 1.807) is 12.1 Å². The number of ether oxygens (including phenoxy) is 1. The van der Waals surface area contributed by atoms with E-state index in [0.29, 0.717) is 17.3 Å². The van der Waals surface area contributed by atoms with Gasteiger partial charge in [0.05, 0.1) is 24.0 Å². The Morgan fingerprint density at radius 3 is 2.45 bits per heavy atom. The van der Waals surface area contributed by atoms with Crippen molar-refractivity contribution in [2.45, 2.75) is 19.9 Å². The fraction of sp³-hybridized carbons (Fsp3) is 0.533. The fourth-order valence-electron chi connectivity index (χ4n) is 2.65. The van der Waals surface area contributed by atoms with Crippen LogP contribution in [0.1, 0.15) is 24.2 Å². The van der Waals surface area contributed by atoms with Gasteiger partial charge in [0.25, 0.3) is 0 Å². The van der Waals surface area contributed by atoms with Gasteiger partial charge >= 0.3 is 5.97 Å².